The largest absolute Gasteiger partial charge is 0.497 e. The predicted octanol–water partition coefficient (Wildman–Crippen LogP) is 2.91. The molecule has 0 radical (unpaired) electrons. The Labute approximate surface area is 169 Å². The van der Waals surface area contributed by atoms with E-state index in [-0.39, 0.29) is 5.92 Å². The summed E-state index contributed by atoms with van der Waals surface area (Å²) >= 11 is 1.92. The number of carbonyl (C=O) groups excluding carboxylic acids is 1. The number of aromatic nitrogens is 1. The van der Waals surface area contributed by atoms with E-state index < -0.39 is 0 Å². The van der Waals surface area contributed by atoms with Crippen molar-refractivity contribution in [1.29, 1.82) is 5.26 Å². The molecule has 2 saturated heterocycles. The van der Waals surface area contributed by atoms with E-state index in [2.05, 4.69) is 16.0 Å². The lowest BCUT2D eigenvalue weighted by atomic mass is 9.94. The molecule has 6 nitrogen and oxygen atoms in total. The number of benzene rings is 1. The number of thioether (sulfide) groups is 1. The minimum Gasteiger partial charge on any atom is -0.497 e. The Balaban J connectivity index is 1.55. The van der Waals surface area contributed by atoms with Crippen molar-refractivity contribution in [3.8, 4) is 11.8 Å². The predicted molar refractivity (Wildman–Crippen MR) is 112 cm³/mol. The first-order valence-electron chi connectivity index (χ1n) is 9.69. The minimum atomic E-state index is 0.0954. The molecule has 3 heterocycles. The van der Waals surface area contributed by atoms with Gasteiger partial charge < -0.3 is 14.5 Å². The van der Waals surface area contributed by atoms with Gasteiger partial charge in [0, 0.05) is 61.3 Å². The maximum Gasteiger partial charge on any atom is 0.225 e. The van der Waals surface area contributed by atoms with Gasteiger partial charge in [0.1, 0.15) is 11.8 Å². The van der Waals surface area contributed by atoms with Gasteiger partial charge in [-0.15, -0.1) is 0 Å². The van der Waals surface area contributed by atoms with E-state index in [1.54, 1.807) is 13.3 Å². The first-order valence-corrected chi connectivity index (χ1v) is 10.8. The van der Waals surface area contributed by atoms with Crippen LogP contribution >= 0.6 is 11.8 Å². The number of hydrogen-bond donors (Lipinski definition) is 0. The number of methoxy groups -OCH3 is 1. The van der Waals surface area contributed by atoms with E-state index in [0.717, 1.165) is 72.9 Å². The van der Waals surface area contributed by atoms with Crippen LogP contribution in [0.1, 0.15) is 18.4 Å². The Morgan fingerprint density at radius 3 is 2.68 bits per heavy atom. The summed E-state index contributed by atoms with van der Waals surface area (Å²) in [5.41, 5.74) is 2.32. The van der Waals surface area contributed by atoms with Gasteiger partial charge in [-0.1, -0.05) is 0 Å². The molecule has 0 spiro atoms. The molecule has 1 aromatic heterocycles. The normalized spacial score (nSPS) is 18.1. The first-order chi connectivity index (χ1) is 13.7. The highest BCUT2D eigenvalue weighted by Gasteiger charge is 2.30. The quantitative estimate of drug-likeness (QED) is 0.795. The number of nitriles is 1. The van der Waals surface area contributed by atoms with Crippen molar-refractivity contribution in [3.63, 3.8) is 0 Å². The van der Waals surface area contributed by atoms with Crippen molar-refractivity contribution in [3.05, 3.63) is 30.0 Å². The van der Waals surface area contributed by atoms with Crippen LogP contribution in [0.4, 0.5) is 5.69 Å². The maximum absolute atomic E-state index is 12.8. The summed E-state index contributed by atoms with van der Waals surface area (Å²) in [6, 6.07) is 8.05. The number of hydrogen-bond acceptors (Lipinski definition) is 6. The van der Waals surface area contributed by atoms with E-state index in [1.807, 2.05) is 34.9 Å². The molecule has 1 aromatic carbocycles. The summed E-state index contributed by atoms with van der Waals surface area (Å²) in [5.74, 6) is 3.24. The van der Waals surface area contributed by atoms with Crippen LogP contribution in [0.3, 0.4) is 0 Å². The number of piperidine rings is 1. The molecule has 0 saturated carbocycles. The molecule has 2 aliphatic heterocycles. The lowest BCUT2D eigenvalue weighted by molar-refractivity contribution is -0.135. The first kappa shape index (κ1) is 18.9. The highest BCUT2D eigenvalue weighted by Crippen LogP contribution is 2.34. The van der Waals surface area contributed by atoms with Gasteiger partial charge in [0.15, 0.2) is 0 Å². The maximum atomic E-state index is 12.8. The smallest absolute Gasteiger partial charge is 0.225 e. The molecule has 4 rings (SSSR count). The van der Waals surface area contributed by atoms with Crippen LogP contribution in [-0.4, -0.2) is 60.6 Å². The molecule has 0 unspecified atom stereocenters. The number of amides is 1. The topological polar surface area (TPSA) is 69.5 Å². The van der Waals surface area contributed by atoms with Gasteiger partial charge >= 0.3 is 0 Å². The van der Waals surface area contributed by atoms with Crippen LogP contribution in [0.2, 0.25) is 0 Å². The van der Waals surface area contributed by atoms with Crippen LogP contribution in [0.15, 0.2) is 24.4 Å². The Bertz CT molecular complexity index is 912. The van der Waals surface area contributed by atoms with E-state index in [9.17, 15) is 10.1 Å². The van der Waals surface area contributed by atoms with Crippen molar-refractivity contribution in [2.24, 2.45) is 5.92 Å². The lowest BCUT2D eigenvalue weighted by Crippen LogP contribution is -2.45. The number of nitrogens with zero attached hydrogens (tertiary/aromatic N) is 4. The van der Waals surface area contributed by atoms with Crippen molar-refractivity contribution in [2.75, 3.05) is 49.7 Å². The average molecular weight is 397 g/mol. The Hall–Kier alpha value is -2.46. The van der Waals surface area contributed by atoms with Gasteiger partial charge in [0.25, 0.3) is 0 Å². The average Bonchev–Trinajstić information content (AvgIpc) is 2.78. The van der Waals surface area contributed by atoms with Crippen molar-refractivity contribution >= 4 is 34.3 Å². The van der Waals surface area contributed by atoms with Crippen molar-refractivity contribution in [2.45, 2.75) is 12.8 Å². The van der Waals surface area contributed by atoms with E-state index in [4.69, 9.17) is 4.74 Å². The van der Waals surface area contributed by atoms with E-state index in [0.29, 0.717) is 11.5 Å². The Morgan fingerprint density at radius 1 is 1.25 bits per heavy atom. The minimum absolute atomic E-state index is 0.0954. The third kappa shape index (κ3) is 3.61. The van der Waals surface area contributed by atoms with Gasteiger partial charge in [-0.05, 0) is 25.0 Å². The fourth-order valence-corrected chi connectivity index (χ4v) is 5.00. The highest BCUT2D eigenvalue weighted by molar-refractivity contribution is 7.99. The number of carbonyl (C=O) groups is 1. The van der Waals surface area contributed by atoms with E-state index >= 15 is 0 Å². The zero-order chi connectivity index (χ0) is 19.5. The second-order valence-electron chi connectivity index (χ2n) is 7.21. The fourth-order valence-electron chi connectivity index (χ4n) is 4.10. The molecule has 0 atom stereocenters. The summed E-state index contributed by atoms with van der Waals surface area (Å²) in [7, 11) is 1.63. The highest BCUT2D eigenvalue weighted by atomic mass is 32.2. The zero-order valence-corrected chi connectivity index (χ0v) is 16.9. The number of fused-ring (bicyclic) bond motifs is 1. The molecule has 2 fully saturated rings. The monoisotopic (exact) mass is 396 g/mol. The van der Waals surface area contributed by atoms with Gasteiger partial charge in [-0.2, -0.15) is 17.0 Å². The third-order valence-corrected chi connectivity index (χ3v) is 6.59. The second-order valence-corrected chi connectivity index (χ2v) is 8.44. The molecule has 2 aliphatic rings. The SMILES string of the molecule is COc1ccc2c(N3CCC(C(=O)N4CCSCC4)CC3)c(C#N)cnc2c1. The number of rotatable bonds is 3. The van der Waals surface area contributed by atoms with Crippen molar-refractivity contribution < 1.29 is 9.53 Å². The molecular formula is C21H24N4O2S. The molecule has 2 aromatic rings. The summed E-state index contributed by atoms with van der Waals surface area (Å²) in [6.07, 6.45) is 3.29. The second kappa shape index (κ2) is 8.27. The Kier molecular flexibility index (Phi) is 5.58. The van der Waals surface area contributed by atoms with Crippen molar-refractivity contribution in [1.82, 2.24) is 9.88 Å². The van der Waals surface area contributed by atoms with Gasteiger partial charge in [0.05, 0.1) is 23.9 Å². The number of anilines is 1. The molecule has 0 N–H and O–H groups in total. The van der Waals surface area contributed by atoms with Crippen LogP contribution in [-0.2, 0) is 4.79 Å². The van der Waals surface area contributed by atoms with Gasteiger partial charge in [-0.3, -0.25) is 9.78 Å². The summed E-state index contributed by atoms with van der Waals surface area (Å²) in [5, 5.41) is 10.6. The van der Waals surface area contributed by atoms with Gasteiger partial charge in [-0.25, -0.2) is 0 Å². The molecule has 0 aliphatic carbocycles. The summed E-state index contributed by atoms with van der Waals surface area (Å²) in [6.45, 7) is 3.30. The third-order valence-electron chi connectivity index (χ3n) is 5.65. The standard InChI is InChI=1S/C21H24N4O2S/c1-27-17-2-3-18-19(12-17)23-14-16(13-22)20(18)24-6-4-15(5-7-24)21(26)25-8-10-28-11-9-25/h2-3,12,14-15H,4-11H2,1H3. The van der Waals surface area contributed by atoms with Crippen LogP contribution in [0, 0.1) is 17.2 Å². The molecule has 28 heavy (non-hydrogen) atoms. The molecule has 146 valence electrons. The van der Waals surface area contributed by atoms with Crippen LogP contribution in [0.25, 0.3) is 10.9 Å². The van der Waals surface area contributed by atoms with Gasteiger partial charge in [0.2, 0.25) is 5.91 Å². The number of pyridine rings is 1. The summed E-state index contributed by atoms with van der Waals surface area (Å²) in [4.78, 5) is 21.5. The van der Waals surface area contributed by atoms with E-state index in [1.165, 1.54) is 0 Å². The molecular weight excluding hydrogens is 372 g/mol. The van der Waals surface area contributed by atoms with Crippen LogP contribution < -0.4 is 9.64 Å². The number of ether oxygens (including phenoxy) is 1. The Morgan fingerprint density at radius 2 is 2.00 bits per heavy atom. The summed E-state index contributed by atoms with van der Waals surface area (Å²) < 4.78 is 5.30. The lowest BCUT2D eigenvalue weighted by Gasteiger charge is -2.37. The van der Waals surface area contributed by atoms with Crippen LogP contribution in [0.5, 0.6) is 5.75 Å². The fraction of sp³-hybridized carbons (Fsp3) is 0.476. The molecule has 0 bridgehead atoms. The zero-order valence-electron chi connectivity index (χ0n) is 16.1. The molecule has 7 heteroatoms. The molecule has 1 amide bonds.